The molecule has 1 aromatic carbocycles. The molecule has 0 spiro atoms. The minimum absolute atomic E-state index is 0.0498. The largest absolute Gasteiger partial charge is 0.378 e. The smallest absolute Gasteiger partial charge is 0.257 e. The SMILES string of the molecule is Cc1cc(C)cc(Nc2ncc(C(=O)N3CCOCC3)cn2)c1. The number of hydrogen-bond acceptors (Lipinski definition) is 5. The van der Waals surface area contributed by atoms with E-state index in [0.29, 0.717) is 37.8 Å². The van der Waals surface area contributed by atoms with Gasteiger partial charge in [0, 0.05) is 31.2 Å². The molecule has 1 fully saturated rings. The Bertz CT molecular complexity index is 674. The third kappa shape index (κ3) is 3.84. The molecule has 0 bridgehead atoms. The molecule has 0 radical (unpaired) electrons. The van der Waals surface area contributed by atoms with Crippen molar-refractivity contribution in [3.05, 3.63) is 47.3 Å². The van der Waals surface area contributed by atoms with Crippen LogP contribution >= 0.6 is 0 Å². The predicted molar refractivity (Wildman–Crippen MR) is 88.0 cm³/mol. The number of morpholine rings is 1. The van der Waals surface area contributed by atoms with E-state index in [-0.39, 0.29) is 5.91 Å². The lowest BCUT2D eigenvalue weighted by molar-refractivity contribution is 0.0302. The zero-order valence-electron chi connectivity index (χ0n) is 13.4. The lowest BCUT2D eigenvalue weighted by Crippen LogP contribution is -2.40. The van der Waals surface area contributed by atoms with Crippen LogP contribution < -0.4 is 5.32 Å². The molecule has 23 heavy (non-hydrogen) atoms. The minimum atomic E-state index is -0.0498. The Morgan fingerprint density at radius 3 is 2.30 bits per heavy atom. The van der Waals surface area contributed by atoms with Gasteiger partial charge in [0.05, 0.1) is 18.8 Å². The van der Waals surface area contributed by atoms with Gasteiger partial charge in [-0.1, -0.05) is 6.07 Å². The molecule has 0 atom stereocenters. The highest BCUT2D eigenvalue weighted by Crippen LogP contribution is 2.17. The highest BCUT2D eigenvalue weighted by Gasteiger charge is 2.19. The van der Waals surface area contributed by atoms with Crippen LogP contribution in [0.25, 0.3) is 0 Å². The molecule has 0 unspecified atom stereocenters. The highest BCUT2D eigenvalue weighted by molar-refractivity contribution is 5.93. The monoisotopic (exact) mass is 312 g/mol. The maximum Gasteiger partial charge on any atom is 0.257 e. The molecule has 2 aromatic rings. The number of carbonyl (C=O) groups is 1. The molecule has 3 rings (SSSR count). The van der Waals surface area contributed by atoms with E-state index in [4.69, 9.17) is 4.74 Å². The lowest BCUT2D eigenvalue weighted by atomic mass is 10.1. The van der Waals surface area contributed by atoms with E-state index < -0.39 is 0 Å². The molecule has 1 aromatic heterocycles. The number of aromatic nitrogens is 2. The van der Waals surface area contributed by atoms with Crippen LogP contribution in [0.1, 0.15) is 21.5 Å². The van der Waals surface area contributed by atoms with Crippen molar-refractivity contribution in [2.45, 2.75) is 13.8 Å². The quantitative estimate of drug-likeness (QED) is 0.942. The second-order valence-corrected chi connectivity index (χ2v) is 5.70. The van der Waals surface area contributed by atoms with Crippen molar-refractivity contribution < 1.29 is 9.53 Å². The molecule has 1 aliphatic rings. The first-order valence-corrected chi connectivity index (χ1v) is 7.66. The van der Waals surface area contributed by atoms with Crippen LogP contribution in [0, 0.1) is 13.8 Å². The number of nitrogens with zero attached hydrogens (tertiary/aromatic N) is 3. The molecule has 0 saturated carbocycles. The van der Waals surface area contributed by atoms with Gasteiger partial charge >= 0.3 is 0 Å². The highest BCUT2D eigenvalue weighted by atomic mass is 16.5. The van der Waals surface area contributed by atoms with E-state index in [9.17, 15) is 4.79 Å². The number of carbonyl (C=O) groups excluding carboxylic acids is 1. The topological polar surface area (TPSA) is 67.4 Å². The Labute approximate surface area is 135 Å². The summed E-state index contributed by atoms with van der Waals surface area (Å²) in [6.45, 7) is 6.48. The number of amides is 1. The molecule has 2 heterocycles. The predicted octanol–water partition coefficient (Wildman–Crippen LogP) is 2.31. The van der Waals surface area contributed by atoms with Crippen molar-refractivity contribution in [2.75, 3.05) is 31.6 Å². The standard InChI is InChI=1S/C17H20N4O2/c1-12-7-13(2)9-15(8-12)20-17-18-10-14(11-19-17)16(22)21-3-5-23-6-4-21/h7-11H,3-6H2,1-2H3,(H,18,19,20). The fourth-order valence-corrected chi connectivity index (χ4v) is 2.63. The molecule has 6 heteroatoms. The van der Waals surface area contributed by atoms with Crippen molar-refractivity contribution in [3.63, 3.8) is 0 Å². The first kappa shape index (κ1) is 15.4. The summed E-state index contributed by atoms with van der Waals surface area (Å²) in [5.74, 6) is 0.430. The van der Waals surface area contributed by atoms with Crippen LogP contribution in [0.15, 0.2) is 30.6 Å². The maximum atomic E-state index is 12.3. The summed E-state index contributed by atoms with van der Waals surface area (Å²) in [6.07, 6.45) is 3.13. The van der Waals surface area contributed by atoms with Gasteiger partial charge in [0.15, 0.2) is 0 Å². The Morgan fingerprint density at radius 2 is 1.70 bits per heavy atom. The van der Waals surface area contributed by atoms with Gasteiger partial charge in [0.25, 0.3) is 5.91 Å². The zero-order valence-corrected chi connectivity index (χ0v) is 13.4. The Hall–Kier alpha value is -2.47. The summed E-state index contributed by atoms with van der Waals surface area (Å²) in [6, 6.07) is 6.17. The van der Waals surface area contributed by atoms with Crippen molar-refractivity contribution in [2.24, 2.45) is 0 Å². The number of hydrogen-bond donors (Lipinski definition) is 1. The Morgan fingerprint density at radius 1 is 1.09 bits per heavy atom. The number of nitrogens with one attached hydrogen (secondary N) is 1. The number of rotatable bonds is 3. The summed E-state index contributed by atoms with van der Waals surface area (Å²) in [5, 5.41) is 3.16. The summed E-state index contributed by atoms with van der Waals surface area (Å²) >= 11 is 0. The summed E-state index contributed by atoms with van der Waals surface area (Å²) in [5.41, 5.74) is 3.78. The molecular weight excluding hydrogens is 292 g/mol. The average Bonchev–Trinajstić information content (AvgIpc) is 2.55. The molecular formula is C17H20N4O2. The Kier molecular flexibility index (Phi) is 4.52. The van der Waals surface area contributed by atoms with Gasteiger partial charge in [-0.3, -0.25) is 4.79 Å². The second-order valence-electron chi connectivity index (χ2n) is 5.70. The first-order valence-electron chi connectivity index (χ1n) is 7.66. The van der Waals surface area contributed by atoms with Crippen molar-refractivity contribution in [1.29, 1.82) is 0 Å². The molecule has 1 aliphatic heterocycles. The lowest BCUT2D eigenvalue weighted by Gasteiger charge is -2.26. The van der Waals surface area contributed by atoms with Crippen LogP contribution in [-0.2, 0) is 4.74 Å². The van der Waals surface area contributed by atoms with Crippen LogP contribution in [0.5, 0.6) is 0 Å². The first-order chi connectivity index (χ1) is 11.1. The van der Waals surface area contributed by atoms with Gasteiger partial charge in [-0.25, -0.2) is 9.97 Å². The molecule has 1 amide bonds. The molecule has 120 valence electrons. The number of aryl methyl sites for hydroxylation is 2. The van der Waals surface area contributed by atoms with Gasteiger partial charge in [0.2, 0.25) is 5.95 Å². The summed E-state index contributed by atoms with van der Waals surface area (Å²) in [4.78, 5) is 22.6. The van der Waals surface area contributed by atoms with Crippen LogP contribution in [0.2, 0.25) is 0 Å². The van der Waals surface area contributed by atoms with Gasteiger partial charge < -0.3 is 15.0 Å². The van der Waals surface area contributed by atoms with Crippen molar-refractivity contribution in [3.8, 4) is 0 Å². The molecule has 1 saturated heterocycles. The number of benzene rings is 1. The summed E-state index contributed by atoms with van der Waals surface area (Å²) in [7, 11) is 0. The fourth-order valence-electron chi connectivity index (χ4n) is 2.63. The molecule has 0 aliphatic carbocycles. The van der Waals surface area contributed by atoms with E-state index in [1.807, 2.05) is 26.0 Å². The van der Waals surface area contributed by atoms with Gasteiger partial charge in [0.1, 0.15) is 0 Å². The Balaban J connectivity index is 1.70. The van der Waals surface area contributed by atoms with Crippen LogP contribution in [0.4, 0.5) is 11.6 Å². The third-order valence-corrected chi connectivity index (χ3v) is 3.67. The molecule has 1 N–H and O–H groups in total. The second kappa shape index (κ2) is 6.75. The van der Waals surface area contributed by atoms with Crippen molar-refractivity contribution >= 4 is 17.5 Å². The number of anilines is 2. The van der Waals surface area contributed by atoms with Gasteiger partial charge in [-0.2, -0.15) is 0 Å². The molecule has 6 nitrogen and oxygen atoms in total. The third-order valence-electron chi connectivity index (χ3n) is 3.67. The van der Waals surface area contributed by atoms with E-state index >= 15 is 0 Å². The average molecular weight is 312 g/mol. The maximum absolute atomic E-state index is 12.3. The minimum Gasteiger partial charge on any atom is -0.378 e. The van der Waals surface area contributed by atoms with E-state index in [2.05, 4.69) is 21.4 Å². The van der Waals surface area contributed by atoms with E-state index in [0.717, 1.165) is 5.69 Å². The van der Waals surface area contributed by atoms with Crippen LogP contribution in [-0.4, -0.2) is 47.1 Å². The van der Waals surface area contributed by atoms with Gasteiger partial charge in [-0.15, -0.1) is 0 Å². The normalized spacial score (nSPS) is 14.6. The fraction of sp³-hybridized carbons (Fsp3) is 0.353. The zero-order chi connectivity index (χ0) is 16.2. The van der Waals surface area contributed by atoms with E-state index in [1.54, 1.807) is 17.3 Å². The van der Waals surface area contributed by atoms with Gasteiger partial charge in [-0.05, 0) is 37.1 Å². The number of ether oxygens (including phenoxy) is 1. The van der Waals surface area contributed by atoms with E-state index in [1.165, 1.54) is 11.1 Å². The van der Waals surface area contributed by atoms with Crippen LogP contribution in [0.3, 0.4) is 0 Å². The summed E-state index contributed by atoms with van der Waals surface area (Å²) < 4.78 is 5.26. The van der Waals surface area contributed by atoms with Crippen molar-refractivity contribution in [1.82, 2.24) is 14.9 Å².